The van der Waals surface area contributed by atoms with Gasteiger partial charge >= 0.3 is 0 Å². The first-order valence-corrected chi connectivity index (χ1v) is 4.34. The van der Waals surface area contributed by atoms with Crippen LogP contribution in [0.15, 0.2) is 24.4 Å². The molecule has 0 amide bonds. The van der Waals surface area contributed by atoms with Crippen LogP contribution in [-0.4, -0.2) is 21.1 Å². The molecule has 4 nitrogen and oxygen atoms in total. The molecule has 0 spiro atoms. The summed E-state index contributed by atoms with van der Waals surface area (Å²) < 4.78 is 14.2. The van der Waals surface area contributed by atoms with Gasteiger partial charge in [0.2, 0.25) is 5.95 Å². The minimum absolute atomic E-state index is 0.476. The summed E-state index contributed by atoms with van der Waals surface area (Å²) in [7, 11) is 0. The lowest BCUT2D eigenvalue weighted by Gasteiger charge is -2.01. The van der Waals surface area contributed by atoms with Gasteiger partial charge in [0.15, 0.2) is 12.1 Å². The van der Waals surface area contributed by atoms with Gasteiger partial charge in [-0.15, -0.1) is 5.10 Å². The zero-order valence-electron chi connectivity index (χ0n) is 8.01. The Morgan fingerprint density at radius 1 is 1.47 bits per heavy atom. The minimum Gasteiger partial charge on any atom is -0.298 e. The number of pyridine rings is 1. The number of halogens is 1. The lowest BCUT2D eigenvalue weighted by atomic mass is 10.3. The summed E-state index contributed by atoms with van der Waals surface area (Å²) in [6.07, 6.45) is 2.12. The highest BCUT2D eigenvalue weighted by Crippen LogP contribution is 2.09. The van der Waals surface area contributed by atoms with Crippen LogP contribution in [0.5, 0.6) is 0 Å². The Bertz CT molecular complexity index is 490. The zero-order chi connectivity index (χ0) is 10.8. The van der Waals surface area contributed by atoms with E-state index in [9.17, 15) is 9.18 Å². The van der Waals surface area contributed by atoms with Crippen molar-refractivity contribution in [3.8, 4) is 5.82 Å². The van der Waals surface area contributed by atoms with Crippen molar-refractivity contribution in [2.75, 3.05) is 0 Å². The van der Waals surface area contributed by atoms with E-state index in [0.29, 0.717) is 23.4 Å². The predicted octanol–water partition coefficient (Wildman–Crippen LogP) is 1.53. The first-order chi connectivity index (χ1) is 7.20. The third-order valence-electron chi connectivity index (χ3n) is 1.98. The van der Waals surface area contributed by atoms with Crippen molar-refractivity contribution >= 4 is 6.29 Å². The van der Waals surface area contributed by atoms with Crippen molar-refractivity contribution < 1.29 is 9.18 Å². The molecule has 0 fully saturated rings. The Balaban J connectivity index is 2.45. The summed E-state index contributed by atoms with van der Waals surface area (Å²) in [6, 6.07) is 4.53. The maximum atomic E-state index is 12.8. The topological polar surface area (TPSA) is 47.8 Å². The van der Waals surface area contributed by atoms with Crippen LogP contribution in [0.2, 0.25) is 0 Å². The molecular weight excluding hydrogens is 197 g/mol. The molecule has 0 N–H and O–H groups in total. The normalized spacial score (nSPS) is 10.3. The standard InChI is InChI=1S/C10H8FN3O/c1-7-4-9(11)13-14(7)10-3-2-8(6-15)5-12-10/h2-6H,1H3. The van der Waals surface area contributed by atoms with E-state index in [0.717, 1.165) is 0 Å². The van der Waals surface area contributed by atoms with Gasteiger partial charge in [0, 0.05) is 23.5 Å². The van der Waals surface area contributed by atoms with Crippen molar-refractivity contribution in [1.82, 2.24) is 14.8 Å². The fourth-order valence-corrected chi connectivity index (χ4v) is 1.26. The first kappa shape index (κ1) is 9.51. The molecule has 0 aliphatic heterocycles. The smallest absolute Gasteiger partial charge is 0.233 e. The predicted molar refractivity (Wildman–Crippen MR) is 51.4 cm³/mol. The second-order valence-electron chi connectivity index (χ2n) is 3.09. The third kappa shape index (κ3) is 1.76. The van der Waals surface area contributed by atoms with Crippen molar-refractivity contribution in [3.63, 3.8) is 0 Å². The van der Waals surface area contributed by atoms with E-state index in [1.807, 2.05) is 0 Å². The van der Waals surface area contributed by atoms with E-state index in [2.05, 4.69) is 10.1 Å². The van der Waals surface area contributed by atoms with Crippen molar-refractivity contribution in [2.24, 2.45) is 0 Å². The van der Waals surface area contributed by atoms with Gasteiger partial charge in [0.05, 0.1) is 0 Å². The number of aryl methyl sites for hydroxylation is 1. The molecule has 0 bridgehead atoms. The molecule has 2 aromatic rings. The van der Waals surface area contributed by atoms with Gasteiger partial charge in [0.25, 0.3) is 0 Å². The Morgan fingerprint density at radius 3 is 2.73 bits per heavy atom. The van der Waals surface area contributed by atoms with Crippen LogP contribution >= 0.6 is 0 Å². The monoisotopic (exact) mass is 205 g/mol. The molecule has 15 heavy (non-hydrogen) atoms. The van der Waals surface area contributed by atoms with Gasteiger partial charge in [-0.1, -0.05) is 0 Å². The number of carbonyl (C=O) groups is 1. The highest BCUT2D eigenvalue weighted by Gasteiger charge is 2.06. The highest BCUT2D eigenvalue weighted by molar-refractivity contribution is 5.74. The second-order valence-corrected chi connectivity index (χ2v) is 3.09. The van der Waals surface area contributed by atoms with E-state index in [-0.39, 0.29) is 0 Å². The van der Waals surface area contributed by atoms with Crippen LogP contribution in [0.1, 0.15) is 16.1 Å². The van der Waals surface area contributed by atoms with Crippen LogP contribution in [0.4, 0.5) is 4.39 Å². The van der Waals surface area contributed by atoms with E-state index in [1.165, 1.54) is 16.9 Å². The molecule has 0 atom stereocenters. The summed E-state index contributed by atoms with van der Waals surface area (Å²) in [5, 5.41) is 3.64. The maximum Gasteiger partial charge on any atom is 0.233 e. The fraction of sp³-hybridized carbons (Fsp3) is 0.100. The average Bonchev–Trinajstić information content (AvgIpc) is 2.58. The molecule has 0 unspecified atom stereocenters. The van der Waals surface area contributed by atoms with E-state index >= 15 is 0 Å². The summed E-state index contributed by atoms with van der Waals surface area (Å²) in [5.74, 6) is -0.0595. The van der Waals surface area contributed by atoms with Crippen molar-refractivity contribution in [3.05, 3.63) is 41.6 Å². The molecule has 0 aliphatic rings. The zero-order valence-corrected chi connectivity index (χ0v) is 8.01. The lowest BCUT2D eigenvalue weighted by Crippen LogP contribution is -2.02. The summed E-state index contributed by atoms with van der Waals surface area (Å²) in [5.41, 5.74) is 1.13. The molecule has 0 saturated heterocycles. The highest BCUT2D eigenvalue weighted by atomic mass is 19.1. The van der Waals surface area contributed by atoms with E-state index in [1.54, 1.807) is 19.1 Å². The van der Waals surface area contributed by atoms with Crippen molar-refractivity contribution in [2.45, 2.75) is 6.92 Å². The molecule has 2 aromatic heterocycles. The average molecular weight is 205 g/mol. The van der Waals surface area contributed by atoms with Gasteiger partial charge in [-0.3, -0.25) is 4.79 Å². The number of hydrogen-bond donors (Lipinski definition) is 0. The maximum absolute atomic E-state index is 12.8. The number of hydrogen-bond acceptors (Lipinski definition) is 3. The number of carbonyl (C=O) groups excluding carboxylic acids is 1. The van der Waals surface area contributed by atoms with Crippen LogP contribution in [0.3, 0.4) is 0 Å². The number of aromatic nitrogens is 3. The van der Waals surface area contributed by atoms with Gasteiger partial charge in [-0.05, 0) is 19.1 Å². The third-order valence-corrected chi connectivity index (χ3v) is 1.98. The molecule has 0 aromatic carbocycles. The van der Waals surface area contributed by atoms with Crippen LogP contribution in [-0.2, 0) is 0 Å². The molecule has 0 saturated carbocycles. The van der Waals surface area contributed by atoms with Crippen LogP contribution in [0.25, 0.3) is 5.82 Å². The SMILES string of the molecule is Cc1cc(F)nn1-c1ccc(C=O)cn1. The van der Waals surface area contributed by atoms with Crippen LogP contribution < -0.4 is 0 Å². The summed E-state index contributed by atoms with van der Waals surface area (Å²) >= 11 is 0. The van der Waals surface area contributed by atoms with E-state index < -0.39 is 5.95 Å². The molecule has 5 heteroatoms. The number of nitrogens with zero attached hydrogens (tertiary/aromatic N) is 3. The first-order valence-electron chi connectivity index (χ1n) is 4.34. The van der Waals surface area contributed by atoms with E-state index in [4.69, 9.17) is 0 Å². The molecule has 2 heterocycles. The lowest BCUT2D eigenvalue weighted by molar-refractivity contribution is 0.112. The Kier molecular flexibility index (Phi) is 2.29. The van der Waals surface area contributed by atoms with Gasteiger partial charge in [-0.25, -0.2) is 9.67 Å². The Labute approximate surface area is 85.4 Å². The molecular formula is C10H8FN3O. The number of rotatable bonds is 2. The van der Waals surface area contributed by atoms with Gasteiger partial charge < -0.3 is 0 Å². The largest absolute Gasteiger partial charge is 0.298 e. The minimum atomic E-state index is -0.547. The quantitative estimate of drug-likeness (QED) is 0.698. The second kappa shape index (κ2) is 3.61. The molecule has 2 rings (SSSR count). The van der Waals surface area contributed by atoms with Crippen molar-refractivity contribution in [1.29, 1.82) is 0 Å². The summed E-state index contributed by atoms with van der Waals surface area (Å²) in [4.78, 5) is 14.4. The fourth-order valence-electron chi connectivity index (χ4n) is 1.26. The van der Waals surface area contributed by atoms with Gasteiger partial charge in [0.1, 0.15) is 0 Å². The Hall–Kier alpha value is -2.04. The van der Waals surface area contributed by atoms with Crippen LogP contribution in [0, 0.1) is 12.9 Å². The Morgan fingerprint density at radius 2 is 2.27 bits per heavy atom. The number of aldehydes is 1. The van der Waals surface area contributed by atoms with Gasteiger partial charge in [-0.2, -0.15) is 4.39 Å². The summed E-state index contributed by atoms with van der Waals surface area (Å²) in [6.45, 7) is 1.73. The molecule has 0 aliphatic carbocycles. The molecule has 0 radical (unpaired) electrons. The molecule has 76 valence electrons.